The number of imidazole rings is 1. The first-order valence-corrected chi connectivity index (χ1v) is 10.1. The summed E-state index contributed by atoms with van der Waals surface area (Å²) in [5.41, 5.74) is 0.524. The Labute approximate surface area is 162 Å². The highest BCUT2D eigenvalue weighted by atomic mass is 35.5. The molecule has 0 bridgehead atoms. The molecule has 2 heterocycles. The Morgan fingerprint density at radius 2 is 1.96 bits per heavy atom. The number of sulfonamides is 1. The summed E-state index contributed by atoms with van der Waals surface area (Å²) in [5.74, 6) is 2.08. The predicted molar refractivity (Wildman–Crippen MR) is 104 cm³/mol. The van der Waals surface area contributed by atoms with Crippen LogP contribution in [0, 0.1) is 13.8 Å². The molecule has 0 amide bonds. The van der Waals surface area contributed by atoms with E-state index in [9.17, 15) is 8.42 Å². The lowest BCUT2D eigenvalue weighted by Crippen LogP contribution is -2.29. The summed E-state index contributed by atoms with van der Waals surface area (Å²) in [7, 11) is -3.64. The second-order valence-electron chi connectivity index (χ2n) is 5.79. The minimum absolute atomic E-state index is 0.176. The molecule has 8 nitrogen and oxygen atoms in total. The third-order valence-electron chi connectivity index (χ3n) is 3.96. The maximum Gasteiger partial charge on any atom is 0.240 e. The summed E-state index contributed by atoms with van der Waals surface area (Å²) in [6.45, 7) is 4.10. The van der Waals surface area contributed by atoms with Crippen LogP contribution in [0.3, 0.4) is 0 Å². The van der Waals surface area contributed by atoms with Crippen LogP contribution < -0.4 is 10.0 Å². The first-order chi connectivity index (χ1) is 12.9. The number of anilines is 1. The van der Waals surface area contributed by atoms with E-state index in [-0.39, 0.29) is 11.4 Å². The SMILES string of the molecule is Cc1c(Cl)cccc1S(=O)(=O)NCCNc1cc(-n2ccnc2C)ncn1. The van der Waals surface area contributed by atoms with E-state index < -0.39 is 10.0 Å². The topological polar surface area (TPSA) is 102 Å². The number of aromatic nitrogens is 4. The number of benzene rings is 1. The van der Waals surface area contributed by atoms with Gasteiger partial charge in [-0.2, -0.15) is 0 Å². The molecule has 0 aliphatic rings. The molecule has 10 heteroatoms. The molecule has 2 aromatic heterocycles. The minimum Gasteiger partial charge on any atom is -0.369 e. The summed E-state index contributed by atoms with van der Waals surface area (Å²) < 4.78 is 29.2. The number of hydrogen-bond acceptors (Lipinski definition) is 6. The fraction of sp³-hybridized carbons (Fsp3) is 0.235. The van der Waals surface area contributed by atoms with Gasteiger partial charge >= 0.3 is 0 Å². The van der Waals surface area contributed by atoms with Crippen LogP contribution in [0.25, 0.3) is 5.82 Å². The Balaban J connectivity index is 1.61. The number of nitrogens with one attached hydrogen (secondary N) is 2. The van der Waals surface area contributed by atoms with E-state index in [4.69, 9.17) is 11.6 Å². The maximum absolute atomic E-state index is 12.4. The van der Waals surface area contributed by atoms with E-state index in [1.807, 2.05) is 17.7 Å². The van der Waals surface area contributed by atoms with Crippen LogP contribution in [-0.4, -0.2) is 41.0 Å². The highest BCUT2D eigenvalue weighted by Gasteiger charge is 2.17. The number of hydrogen-bond donors (Lipinski definition) is 2. The number of aryl methyl sites for hydroxylation is 1. The van der Waals surface area contributed by atoms with Gasteiger partial charge in [0.25, 0.3) is 0 Å². The molecule has 1 aromatic carbocycles. The number of rotatable bonds is 7. The first kappa shape index (κ1) is 19.3. The van der Waals surface area contributed by atoms with Crippen molar-refractivity contribution in [2.45, 2.75) is 18.7 Å². The van der Waals surface area contributed by atoms with Crippen LogP contribution in [-0.2, 0) is 10.0 Å². The zero-order chi connectivity index (χ0) is 19.4. The average Bonchev–Trinajstić information content (AvgIpc) is 3.07. The molecule has 0 saturated heterocycles. The summed E-state index contributed by atoms with van der Waals surface area (Å²) in [5, 5.41) is 3.49. The van der Waals surface area contributed by atoms with Crippen molar-refractivity contribution in [3.63, 3.8) is 0 Å². The highest BCUT2D eigenvalue weighted by molar-refractivity contribution is 7.89. The van der Waals surface area contributed by atoms with Gasteiger partial charge in [-0.05, 0) is 31.5 Å². The molecule has 0 unspecified atom stereocenters. The Hall–Kier alpha value is -2.49. The summed E-state index contributed by atoms with van der Waals surface area (Å²) in [4.78, 5) is 12.7. The number of halogens is 1. The molecule has 0 aliphatic carbocycles. The van der Waals surface area contributed by atoms with Gasteiger partial charge in [0, 0.05) is 36.6 Å². The van der Waals surface area contributed by atoms with Gasteiger partial charge in [-0.25, -0.2) is 28.1 Å². The van der Waals surface area contributed by atoms with Crippen LogP contribution in [0.1, 0.15) is 11.4 Å². The summed E-state index contributed by atoms with van der Waals surface area (Å²) >= 11 is 6.00. The Morgan fingerprint density at radius 3 is 2.70 bits per heavy atom. The average molecular weight is 407 g/mol. The Bertz CT molecular complexity index is 1050. The molecule has 27 heavy (non-hydrogen) atoms. The zero-order valence-electron chi connectivity index (χ0n) is 14.8. The van der Waals surface area contributed by atoms with E-state index in [1.165, 1.54) is 12.4 Å². The van der Waals surface area contributed by atoms with E-state index in [0.717, 1.165) is 5.82 Å². The zero-order valence-corrected chi connectivity index (χ0v) is 16.4. The molecule has 3 rings (SSSR count). The van der Waals surface area contributed by atoms with Crippen LogP contribution in [0.4, 0.5) is 5.82 Å². The second kappa shape index (κ2) is 8.03. The van der Waals surface area contributed by atoms with Crippen LogP contribution >= 0.6 is 11.6 Å². The first-order valence-electron chi connectivity index (χ1n) is 8.19. The molecule has 2 N–H and O–H groups in total. The lowest BCUT2D eigenvalue weighted by molar-refractivity contribution is 0.582. The van der Waals surface area contributed by atoms with Crippen molar-refractivity contribution in [1.82, 2.24) is 24.2 Å². The number of nitrogens with zero attached hydrogens (tertiary/aromatic N) is 4. The molecule has 0 fully saturated rings. The quantitative estimate of drug-likeness (QED) is 0.584. The molecular formula is C17H19ClN6O2S. The molecular weight excluding hydrogens is 388 g/mol. The maximum atomic E-state index is 12.4. The third-order valence-corrected chi connectivity index (χ3v) is 5.97. The normalized spacial score (nSPS) is 11.5. The van der Waals surface area contributed by atoms with Crippen LogP contribution in [0.2, 0.25) is 5.02 Å². The van der Waals surface area contributed by atoms with Gasteiger partial charge in [0.2, 0.25) is 10.0 Å². The largest absolute Gasteiger partial charge is 0.369 e. The van der Waals surface area contributed by atoms with Gasteiger partial charge in [-0.1, -0.05) is 17.7 Å². The van der Waals surface area contributed by atoms with Crippen molar-refractivity contribution in [3.05, 3.63) is 59.4 Å². The fourth-order valence-electron chi connectivity index (χ4n) is 2.53. The van der Waals surface area contributed by atoms with E-state index in [1.54, 1.807) is 31.3 Å². The molecule has 0 aliphatic heterocycles. The molecule has 0 atom stereocenters. The van der Waals surface area contributed by atoms with Gasteiger partial charge in [0.05, 0.1) is 4.90 Å². The van der Waals surface area contributed by atoms with Crippen LogP contribution in [0.15, 0.2) is 47.9 Å². The van der Waals surface area contributed by atoms with E-state index in [2.05, 4.69) is 25.0 Å². The van der Waals surface area contributed by atoms with Gasteiger partial charge < -0.3 is 5.32 Å². The van der Waals surface area contributed by atoms with Gasteiger partial charge in [0.1, 0.15) is 23.8 Å². The predicted octanol–water partition coefficient (Wildman–Crippen LogP) is 2.32. The Kier molecular flexibility index (Phi) is 5.73. The van der Waals surface area contributed by atoms with E-state index in [0.29, 0.717) is 28.8 Å². The minimum atomic E-state index is -3.64. The third kappa shape index (κ3) is 4.44. The molecule has 0 spiro atoms. The van der Waals surface area contributed by atoms with Crippen molar-refractivity contribution in [2.75, 3.05) is 18.4 Å². The lowest BCUT2D eigenvalue weighted by Gasteiger charge is -2.11. The van der Waals surface area contributed by atoms with Crippen molar-refractivity contribution >= 4 is 27.4 Å². The standard InChI is InChI=1S/C17H19ClN6O2S/c1-12-14(18)4-3-5-15(12)27(25,26)23-7-6-20-16-10-17(22-11-21-16)24-9-8-19-13(24)2/h3-5,8-11,23H,6-7H2,1-2H3,(H,20,21,22). The molecule has 0 saturated carbocycles. The second-order valence-corrected chi connectivity index (χ2v) is 7.94. The van der Waals surface area contributed by atoms with Crippen molar-refractivity contribution in [3.8, 4) is 5.82 Å². The summed E-state index contributed by atoms with van der Waals surface area (Å²) in [6.07, 6.45) is 4.94. The molecule has 142 valence electrons. The monoisotopic (exact) mass is 406 g/mol. The molecule has 3 aromatic rings. The van der Waals surface area contributed by atoms with Gasteiger partial charge in [-0.3, -0.25) is 4.57 Å². The van der Waals surface area contributed by atoms with E-state index >= 15 is 0 Å². The fourth-order valence-corrected chi connectivity index (χ4v) is 4.06. The summed E-state index contributed by atoms with van der Waals surface area (Å²) in [6, 6.07) is 6.57. The van der Waals surface area contributed by atoms with Crippen molar-refractivity contribution < 1.29 is 8.42 Å². The Morgan fingerprint density at radius 1 is 1.15 bits per heavy atom. The lowest BCUT2D eigenvalue weighted by atomic mass is 10.2. The molecule has 0 radical (unpaired) electrons. The van der Waals surface area contributed by atoms with Crippen molar-refractivity contribution in [1.29, 1.82) is 0 Å². The van der Waals surface area contributed by atoms with Gasteiger partial charge in [0.15, 0.2) is 0 Å². The van der Waals surface area contributed by atoms with Crippen molar-refractivity contribution in [2.24, 2.45) is 0 Å². The van der Waals surface area contributed by atoms with Gasteiger partial charge in [-0.15, -0.1) is 0 Å². The highest BCUT2D eigenvalue weighted by Crippen LogP contribution is 2.22. The smallest absolute Gasteiger partial charge is 0.240 e. The van der Waals surface area contributed by atoms with Crippen LogP contribution in [0.5, 0.6) is 0 Å².